The Labute approximate surface area is 261 Å². The van der Waals surface area contributed by atoms with E-state index in [4.69, 9.17) is 25.8 Å². The maximum absolute atomic E-state index is 14.7. The largest absolute Gasteiger partial charge is 0.469 e. The van der Waals surface area contributed by atoms with E-state index in [-0.39, 0.29) is 12.8 Å². The molecule has 0 saturated carbocycles. The van der Waals surface area contributed by atoms with Gasteiger partial charge in [-0.15, -0.1) is 0 Å². The highest BCUT2D eigenvalue weighted by Crippen LogP contribution is 2.79. The number of aliphatic hydroxyl groups excluding tert-OH is 1. The van der Waals surface area contributed by atoms with Crippen LogP contribution in [0.15, 0.2) is 84.9 Å². The lowest BCUT2D eigenvalue weighted by molar-refractivity contribution is -0.326. The third kappa shape index (κ3) is 4.25. The molecule has 9 nitrogen and oxygen atoms in total. The van der Waals surface area contributed by atoms with E-state index in [1.807, 2.05) is 79.4 Å². The molecule has 1 amide bonds. The molecule has 0 radical (unpaired) electrons. The number of amides is 1. The van der Waals surface area contributed by atoms with Crippen molar-refractivity contribution in [3.8, 4) is 0 Å². The summed E-state index contributed by atoms with van der Waals surface area (Å²) in [5.41, 5.74) is -4.84. The average molecular weight is 621 g/mol. The smallest absolute Gasteiger partial charge is 0.308 e. The first-order valence-electron chi connectivity index (χ1n) is 14.9. The Kier molecular flexibility index (Phi) is 7.85. The van der Waals surface area contributed by atoms with Gasteiger partial charge in [0.1, 0.15) is 0 Å². The molecule has 6 atom stereocenters. The zero-order valence-electron chi connectivity index (χ0n) is 24.9. The molecular formula is C34H37ClN2O7. The number of carbonyl (C=O) groups is 2. The van der Waals surface area contributed by atoms with E-state index in [1.54, 1.807) is 24.3 Å². The Hall–Kier alpha value is -3.31. The fraction of sp³-hybridized carbons (Fsp3) is 0.412. The Balaban J connectivity index is 1.57. The number of hydrogen-bond donors (Lipinski definition) is 3. The molecule has 3 saturated heterocycles. The summed E-state index contributed by atoms with van der Waals surface area (Å²) in [5.74, 6) is -1.52. The van der Waals surface area contributed by atoms with E-state index >= 15 is 0 Å². The number of nitrogens with zero attached hydrogens (tertiary/aromatic N) is 1. The number of para-hydroxylation sites is 1. The molecule has 0 aromatic heterocycles. The van der Waals surface area contributed by atoms with Gasteiger partial charge in [-0.05, 0) is 42.2 Å². The summed E-state index contributed by atoms with van der Waals surface area (Å²) >= 11 is 6.35. The standard InChI is InChI=1S/C34H37ClN2O7/c1-22(2)33(41)32(30(40)36-26-12-8-5-9-13-26)31(44-32,23-10-6-4-7-11-23)34(24-14-16-25(35)17-15-24)37(33)19-18-28(43-34)20-27(38)21-29(39)42-3/h4-17,22,27-28,38,41H,18-21H2,1-3H3,(H,36,40)/t27-,28?,31?,32?,33?,34?/m1/s1. The maximum Gasteiger partial charge on any atom is 0.308 e. The van der Waals surface area contributed by atoms with Crippen LogP contribution in [-0.2, 0) is 35.1 Å². The number of nitrogens with one attached hydrogen (secondary N) is 1. The Bertz CT molecular complexity index is 1520. The van der Waals surface area contributed by atoms with Crippen LogP contribution in [0.3, 0.4) is 0 Å². The Morgan fingerprint density at radius 3 is 2.27 bits per heavy atom. The molecule has 5 unspecified atom stereocenters. The number of hydrogen-bond acceptors (Lipinski definition) is 8. The number of fused-ring (bicyclic) bond motifs is 3. The Morgan fingerprint density at radius 2 is 1.66 bits per heavy atom. The number of benzene rings is 3. The van der Waals surface area contributed by atoms with Crippen LogP contribution in [-0.4, -0.2) is 64.2 Å². The number of esters is 1. The predicted molar refractivity (Wildman–Crippen MR) is 163 cm³/mol. The summed E-state index contributed by atoms with van der Waals surface area (Å²) < 4.78 is 18.7. The van der Waals surface area contributed by atoms with Crippen molar-refractivity contribution in [2.75, 3.05) is 19.0 Å². The lowest BCUT2D eigenvalue weighted by atomic mass is 9.73. The second kappa shape index (κ2) is 11.2. The van der Waals surface area contributed by atoms with Gasteiger partial charge in [-0.2, -0.15) is 0 Å². The number of methoxy groups -OCH3 is 1. The highest BCUT2D eigenvalue weighted by molar-refractivity contribution is 6.30. The molecule has 3 fully saturated rings. The second-order valence-corrected chi connectivity index (χ2v) is 12.5. The molecule has 3 heterocycles. The summed E-state index contributed by atoms with van der Waals surface area (Å²) in [6, 6.07) is 25.5. The van der Waals surface area contributed by atoms with Crippen molar-refractivity contribution in [3.05, 3.63) is 101 Å². The number of anilines is 1. The molecule has 3 N–H and O–H groups in total. The van der Waals surface area contributed by atoms with Gasteiger partial charge in [0.25, 0.3) is 5.91 Å². The molecule has 3 aliphatic rings. The minimum absolute atomic E-state index is 0.131. The SMILES string of the molecule is COC(=O)C[C@H](O)CC1CCN2C(c3ccc(Cl)cc3)(O1)C1(c3ccccc3)OC1(C(=O)Nc1ccccc1)C2(O)C(C)C. The summed E-state index contributed by atoms with van der Waals surface area (Å²) in [4.78, 5) is 28.5. The van der Waals surface area contributed by atoms with Crippen molar-refractivity contribution in [2.24, 2.45) is 5.92 Å². The first-order chi connectivity index (χ1) is 21.1. The number of epoxide rings is 1. The molecule has 3 aromatic rings. The first-order valence-corrected chi connectivity index (χ1v) is 15.3. The van der Waals surface area contributed by atoms with Crippen molar-refractivity contribution in [3.63, 3.8) is 0 Å². The predicted octanol–water partition coefficient (Wildman–Crippen LogP) is 4.56. The second-order valence-electron chi connectivity index (χ2n) is 12.0. The van der Waals surface area contributed by atoms with Crippen LogP contribution >= 0.6 is 11.6 Å². The van der Waals surface area contributed by atoms with E-state index < -0.39 is 52.7 Å². The minimum Gasteiger partial charge on any atom is -0.469 e. The molecule has 10 heteroatoms. The highest BCUT2D eigenvalue weighted by Gasteiger charge is 2.99. The van der Waals surface area contributed by atoms with Crippen molar-refractivity contribution in [2.45, 2.75) is 68.0 Å². The van der Waals surface area contributed by atoms with Crippen molar-refractivity contribution in [1.82, 2.24) is 4.90 Å². The molecule has 44 heavy (non-hydrogen) atoms. The highest BCUT2D eigenvalue weighted by atomic mass is 35.5. The third-order valence-electron chi connectivity index (χ3n) is 9.30. The number of carbonyl (C=O) groups excluding carboxylic acids is 2. The van der Waals surface area contributed by atoms with E-state index in [1.165, 1.54) is 7.11 Å². The summed E-state index contributed by atoms with van der Waals surface area (Å²) in [5, 5.41) is 27.4. The molecule has 0 aliphatic carbocycles. The molecule has 6 rings (SSSR count). The van der Waals surface area contributed by atoms with Crippen LogP contribution < -0.4 is 5.32 Å². The zero-order chi connectivity index (χ0) is 31.3. The fourth-order valence-corrected chi connectivity index (χ4v) is 7.53. The lowest BCUT2D eigenvalue weighted by Gasteiger charge is -2.54. The normalized spacial score (nSPS) is 31.6. The maximum atomic E-state index is 14.7. The van der Waals surface area contributed by atoms with Gasteiger partial charge < -0.3 is 29.7 Å². The van der Waals surface area contributed by atoms with Gasteiger partial charge in [0.05, 0.1) is 25.7 Å². The molecule has 3 aromatic carbocycles. The van der Waals surface area contributed by atoms with Crippen LogP contribution in [0.25, 0.3) is 0 Å². The molecule has 3 aliphatic heterocycles. The summed E-state index contributed by atoms with van der Waals surface area (Å²) in [6.07, 6.45) is -1.22. The summed E-state index contributed by atoms with van der Waals surface area (Å²) in [6.45, 7) is 4.03. The van der Waals surface area contributed by atoms with Crippen molar-refractivity contribution < 1.29 is 34.0 Å². The minimum atomic E-state index is -1.84. The molecule has 232 valence electrons. The van der Waals surface area contributed by atoms with Gasteiger partial charge in [-0.25, -0.2) is 4.90 Å². The molecular weight excluding hydrogens is 584 g/mol. The topological polar surface area (TPSA) is 121 Å². The molecule has 0 spiro atoms. The van der Waals surface area contributed by atoms with Gasteiger partial charge >= 0.3 is 5.97 Å². The average Bonchev–Trinajstić information content (AvgIpc) is 3.71. The van der Waals surface area contributed by atoms with Crippen LogP contribution in [0.5, 0.6) is 0 Å². The van der Waals surface area contributed by atoms with Gasteiger partial charge in [0.15, 0.2) is 17.1 Å². The number of halogens is 1. The van der Waals surface area contributed by atoms with E-state index in [0.29, 0.717) is 34.8 Å². The van der Waals surface area contributed by atoms with Crippen molar-refractivity contribution in [1.29, 1.82) is 0 Å². The van der Waals surface area contributed by atoms with Crippen LogP contribution in [0.2, 0.25) is 5.02 Å². The number of ether oxygens (including phenoxy) is 3. The van der Waals surface area contributed by atoms with Crippen LogP contribution in [0.4, 0.5) is 5.69 Å². The van der Waals surface area contributed by atoms with Gasteiger partial charge in [-0.1, -0.05) is 86.1 Å². The van der Waals surface area contributed by atoms with E-state index in [2.05, 4.69) is 5.32 Å². The zero-order valence-corrected chi connectivity index (χ0v) is 25.7. The quantitative estimate of drug-likeness (QED) is 0.235. The first kappa shape index (κ1) is 30.7. The van der Waals surface area contributed by atoms with Gasteiger partial charge in [0.2, 0.25) is 5.60 Å². The number of aliphatic hydroxyl groups is 2. The third-order valence-corrected chi connectivity index (χ3v) is 9.55. The van der Waals surface area contributed by atoms with E-state index in [9.17, 15) is 19.8 Å². The summed E-state index contributed by atoms with van der Waals surface area (Å²) in [7, 11) is 1.28. The lowest BCUT2D eigenvalue weighted by Crippen LogP contribution is -2.68. The van der Waals surface area contributed by atoms with Gasteiger partial charge in [0, 0.05) is 29.2 Å². The fourth-order valence-electron chi connectivity index (χ4n) is 7.41. The Morgan fingerprint density at radius 1 is 1.02 bits per heavy atom. The number of morpholine rings is 1. The van der Waals surface area contributed by atoms with Gasteiger partial charge in [-0.3, -0.25) is 9.59 Å². The number of rotatable bonds is 9. The van der Waals surface area contributed by atoms with Crippen LogP contribution in [0.1, 0.15) is 44.2 Å². The van der Waals surface area contributed by atoms with Crippen molar-refractivity contribution >= 4 is 29.2 Å². The van der Waals surface area contributed by atoms with Crippen LogP contribution in [0, 0.1) is 5.92 Å². The van der Waals surface area contributed by atoms with E-state index in [0.717, 1.165) is 0 Å². The monoisotopic (exact) mass is 620 g/mol. The molecule has 0 bridgehead atoms.